The van der Waals surface area contributed by atoms with Crippen molar-refractivity contribution < 1.29 is 9.72 Å². The molecule has 0 aliphatic heterocycles. The van der Waals surface area contributed by atoms with E-state index < -0.39 is 4.92 Å². The summed E-state index contributed by atoms with van der Waals surface area (Å²) in [7, 11) is 0. The summed E-state index contributed by atoms with van der Waals surface area (Å²) in [5.74, 6) is -0.220. The van der Waals surface area contributed by atoms with Crippen LogP contribution in [0.5, 0.6) is 0 Å². The molecule has 0 radical (unpaired) electrons. The number of hydrogen-bond donors (Lipinski definition) is 2. The number of amides is 1. The van der Waals surface area contributed by atoms with Gasteiger partial charge in [-0.15, -0.1) is 0 Å². The van der Waals surface area contributed by atoms with Crippen LogP contribution in [0, 0.1) is 10.1 Å². The molecule has 2 N–H and O–H groups in total. The maximum atomic E-state index is 11.3. The minimum Gasteiger partial charge on any atom is -0.325 e. The van der Waals surface area contributed by atoms with Crippen molar-refractivity contribution in [1.82, 2.24) is 5.32 Å². The van der Waals surface area contributed by atoms with E-state index in [-0.39, 0.29) is 18.1 Å². The van der Waals surface area contributed by atoms with Crippen molar-refractivity contribution in [2.75, 3.05) is 18.4 Å². The summed E-state index contributed by atoms with van der Waals surface area (Å²) in [6.45, 7) is 2.78. The van der Waals surface area contributed by atoms with E-state index >= 15 is 0 Å². The number of nitrogens with one attached hydrogen (secondary N) is 2. The Balaban J connectivity index is 2.63. The minimum absolute atomic E-state index is 0.0405. The zero-order chi connectivity index (χ0) is 12.0. The van der Waals surface area contributed by atoms with Crippen LogP contribution in [0.4, 0.5) is 11.4 Å². The van der Waals surface area contributed by atoms with Gasteiger partial charge in [-0.3, -0.25) is 14.9 Å². The molecule has 0 heterocycles. The lowest BCUT2D eigenvalue weighted by molar-refractivity contribution is -0.384. The predicted molar refractivity (Wildman–Crippen MR) is 60.3 cm³/mol. The molecule has 1 aromatic rings. The maximum absolute atomic E-state index is 11.3. The van der Waals surface area contributed by atoms with Gasteiger partial charge in [-0.25, -0.2) is 0 Å². The van der Waals surface area contributed by atoms with Gasteiger partial charge in [0, 0.05) is 17.8 Å². The van der Waals surface area contributed by atoms with Gasteiger partial charge in [0.05, 0.1) is 11.5 Å². The first-order valence-electron chi connectivity index (χ1n) is 4.88. The maximum Gasteiger partial charge on any atom is 0.271 e. The van der Waals surface area contributed by atoms with Crippen LogP contribution in [0.1, 0.15) is 6.92 Å². The summed E-state index contributed by atoms with van der Waals surface area (Å²) in [6.07, 6.45) is 0. The van der Waals surface area contributed by atoms with Crippen LogP contribution in [0.15, 0.2) is 24.3 Å². The van der Waals surface area contributed by atoms with E-state index in [0.717, 1.165) is 0 Å². The van der Waals surface area contributed by atoms with Crippen LogP contribution in [0.3, 0.4) is 0 Å². The summed E-state index contributed by atoms with van der Waals surface area (Å²) >= 11 is 0. The molecule has 16 heavy (non-hydrogen) atoms. The van der Waals surface area contributed by atoms with Crippen LogP contribution >= 0.6 is 0 Å². The molecule has 0 saturated heterocycles. The van der Waals surface area contributed by atoms with Crippen LogP contribution < -0.4 is 10.6 Å². The summed E-state index contributed by atoms with van der Waals surface area (Å²) in [4.78, 5) is 21.3. The average molecular weight is 223 g/mol. The average Bonchev–Trinajstić information content (AvgIpc) is 2.26. The number of non-ortho nitro benzene ring substituents is 1. The molecule has 0 bridgehead atoms. The number of nitro groups is 1. The first-order valence-corrected chi connectivity index (χ1v) is 4.88. The Morgan fingerprint density at radius 2 is 2.25 bits per heavy atom. The van der Waals surface area contributed by atoms with Crippen molar-refractivity contribution in [3.63, 3.8) is 0 Å². The second kappa shape index (κ2) is 5.82. The number of nitro benzene ring substituents is 1. The van der Waals surface area contributed by atoms with E-state index in [4.69, 9.17) is 0 Å². The normalized spacial score (nSPS) is 9.81. The molecular formula is C10H13N3O3. The molecule has 0 saturated carbocycles. The van der Waals surface area contributed by atoms with Gasteiger partial charge in [0.15, 0.2) is 0 Å². The molecule has 0 unspecified atom stereocenters. The lowest BCUT2D eigenvalue weighted by Gasteiger charge is -2.04. The zero-order valence-corrected chi connectivity index (χ0v) is 8.90. The van der Waals surface area contributed by atoms with Gasteiger partial charge < -0.3 is 10.6 Å². The molecule has 6 heteroatoms. The third-order valence-corrected chi connectivity index (χ3v) is 1.88. The standard InChI is InChI=1S/C10H13N3O3/c1-2-11-7-10(14)12-8-4-3-5-9(6-8)13(15)16/h3-6,11H,2,7H2,1H3,(H,12,14). The molecule has 0 atom stereocenters. The second-order valence-electron chi connectivity index (χ2n) is 3.14. The van der Waals surface area contributed by atoms with Crippen LogP contribution in [-0.2, 0) is 4.79 Å². The summed E-state index contributed by atoms with van der Waals surface area (Å²) in [5.41, 5.74) is 0.387. The Morgan fingerprint density at radius 3 is 2.88 bits per heavy atom. The van der Waals surface area contributed by atoms with Gasteiger partial charge in [0.25, 0.3) is 5.69 Å². The molecule has 86 valence electrons. The van der Waals surface area contributed by atoms with Gasteiger partial charge in [-0.1, -0.05) is 13.0 Å². The first-order chi connectivity index (χ1) is 7.63. The van der Waals surface area contributed by atoms with Crippen molar-refractivity contribution in [1.29, 1.82) is 0 Å². The number of nitrogens with zero attached hydrogens (tertiary/aromatic N) is 1. The Labute approximate surface area is 92.8 Å². The summed E-state index contributed by atoms with van der Waals surface area (Å²) in [5, 5.41) is 15.9. The van der Waals surface area contributed by atoms with Crippen molar-refractivity contribution in [2.45, 2.75) is 6.92 Å². The molecule has 0 aliphatic rings. The van der Waals surface area contributed by atoms with Crippen LogP contribution in [-0.4, -0.2) is 23.9 Å². The van der Waals surface area contributed by atoms with Gasteiger partial charge >= 0.3 is 0 Å². The summed E-state index contributed by atoms with van der Waals surface area (Å²) in [6, 6.07) is 5.83. The lowest BCUT2D eigenvalue weighted by Crippen LogP contribution is -2.27. The molecule has 6 nitrogen and oxygen atoms in total. The number of likely N-dealkylation sites (N-methyl/N-ethyl adjacent to an activating group) is 1. The SMILES string of the molecule is CCNCC(=O)Nc1cccc([N+](=O)[O-])c1. The van der Waals surface area contributed by atoms with Crippen LogP contribution in [0.25, 0.3) is 0 Å². The highest BCUT2D eigenvalue weighted by Crippen LogP contribution is 2.16. The smallest absolute Gasteiger partial charge is 0.271 e. The summed E-state index contributed by atoms with van der Waals surface area (Å²) < 4.78 is 0. The third-order valence-electron chi connectivity index (χ3n) is 1.88. The zero-order valence-electron chi connectivity index (χ0n) is 8.90. The second-order valence-corrected chi connectivity index (χ2v) is 3.14. The van der Waals surface area contributed by atoms with Gasteiger partial charge in [0.1, 0.15) is 0 Å². The number of hydrogen-bond acceptors (Lipinski definition) is 4. The molecule has 1 amide bonds. The predicted octanol–water partition coefficient (Wildman–Crippen LogP) is 1.14. The molecule has 0 spiro atoms. The number of carbonyl (C=O) groups is 1. The van der Waals surface area contributed by atoms with E-state index in [2.05, 4.69) is 10.6 Å². The first kappa shape index (κ1) is 12.1. The van der Waals surface area contributed by atoms with E-state index in [1.54, 1.807) is 6.07 Å². The number of anilines is 1. The van der Waals surface area contributed by atoms with E-state index in [1.807, 2.05) is 6.92 Å². The van der Waals surface area contributed by atoms with Gasteiger partial charge in [0.2, 0.25) is 5.91 Å². The number of rotatable bonds is 5. The van der Waals surface area contributed by atoms with Crippen molar-refractivity contribution >= 4 is 17.3 Å². The molecule has 0 fully saturated rings. The number of benzene rings is 1. The van der Waals surface area contributed by atoms with Crippen molar-refractivity contribution in [3.05, 3.63) is 34.4 Å². The fourth-order valence-electron chi connectivity index (χ4n) is 1.14. The largest absolute Gasteiger partial charge is 0.325 e. The molecule has 0 aromatic heterocycles. The highest BCUT2D eigenvalue weighted by Gasteiger charge is 2.07. The minimum atomic E-state index is -0.500. The third kappa shape index (κ3) is 3.66. The van der Waals surface area contributed by atoms with Crippen molar-refractivity contribution in [3.8, 4) is 0 Å². The molecule has 0 aliphatic carbocycles. The Kier molecular flexibility index (Phi) is 4.41. The van der Waals surface area contributed by atoms with Crippen LogP contribution in [0.2, 0.25) is 0 Å². The van der Waals surface area contributed by atoms with E-state index in [0.29, 0.717) is 12.2 Å². The highest BCUT2D eigenvalue weighted by atomic mass is 16.6. The Morgan fingerprint density at radius 1 is 1.50 bits per heavy atom. The van der Waals surface area contributed by atoms with Gasteiger partial charge in [-0.05, 0) is 12.6 Å². The van der Waals surface area contributed by atoms with Gasteiger partial charge in [-0.2, -0.15) is 0 Å². The Bertz CT molecular complexity index is 393. The fourth-order valence-corrected chi connectivity index (χ4v) is 1.14. The molecular weight excluding hydrogens is 210 g/mol. The molecule has 1 aromatic carbocycles. The van der Waals surface area contributed by atoms with E-state index in [9.17, 15) is 14.9 Å². The van der Waals surface area contributed by atoms with E-state index in [1.165, 1.54) is 18.2 Å². The molecule has 1 rings (SSSR count). The highest BCUT2D eigenvalue weighted by molar-refractivity contribution is 5.92. The Hall–Kier alpha value is -1.95. The number of carbonyl (C=O) groups excluding carboxylic acids is 1. The fraction of sp³-hybridized carbons (Fsp3) is 0.300. The van der Waals surface area contributed by atoms with Crippen molar-refractivity contribution in [2.24, 2.45) is 0 Å². The lowest BCUT2D eigenvalue weighted by atomic mass is 10.3. The monoisotopic (exact) mass is 223 g/mol. The topological polar surface area (TPSA) is 84.3 Å². The quantitative estimate of drug-likeness (QED) is 0.579.